The number of rotatable bonds is 3. The van der Waals surface area contributed by atoms with Crippen LogP contribution < -0.4 is 16.6 Å². The number of carbonyl (C=O) groups excluding carboxylic acids is 2. The first-order chi connectivity index (χ1) is 17.6. The maximum absolute atomic E-state index is 14.9. The van der Waals surface area contributed by atoms with E-state index in [1.54, 1.807) is 31.4 Å². The van der Waals surface area contributed by atoms with E-state index in [9.17, 15) is 23.9 Å². The Morgan fingerprint density at radius 3 is 2.81 bits per heavy atom. The van der Waals surface area contributed by atoms with Crippen molar-refractivity contribution in [3.8, 4) is 11.4 Å². The number of cyclic esters (lactones) is 1. The molecule has 37 heavy (non-hydrogen) atoms. The molecule has 1 amide bonds. The largest absolute Gasteiger partial charge is 0.458 e. The monoisotopic (exact) mass is 506 g/mol. The van der Waals surface area contributed by atoms with Crippen LogP contribution in [0.5, 0.6) is 0 Å². The van der Waals surface area contributed by atoms with Crippen molar-refractivity contribution >= 4 is 22.8 Å². The molecule has 0 spiro atoms. The van der Waals surface area contributed by atoms with Gasteiger partial charge in [-0.15, -0.1) is 0 Å². The van der Waals surface area contributed by atoms with Crippen LogP contribution in [0.15, 0.2) is 16.9 Å². The number of carbonyl (C=O) groups is 2. The highest BCUT2D eigenvalue weighted by Crippen LogP contribution is 2.45. The van der Waals surface area contributed by atoms with Crippen LogP contribution in [0.4, 0.5) is 4.39 Å². The van der Waals surface area contributed by atoms with E-state index >= 15 is 0 Å². The van der Waals surface area contributed by atoms with E-state index in [0.717, 1.165) is 22.1 Å². The average Bonchev–Trinajstić information content (AvgIpc) is 3.24. The predicted octanol–water partition coefficient (Wildman–Crippen LogP) is 1.98. The van der Waals surface area contributed by atoms with E-state index in [-0.39, 0.29) is 48.0 Å². The van der Waals surface area contributed by atoms with Gasteiger partial charge in [0.2, 0.25) is 5.91 Å². The molecule has 9 nitrogen and oxygen atoms in total. The molecule has 4 heterocycles. The third-order valence-electron chi connectivity index (χ3n) is 8.11. The zero-order valence-electron chi connectivity index (χ0n) is 20.8. The molecule has 3 aromatic rings. The van der Waals surface area contributed by atoms with Crippen molar-refractivity contribution in [2.75, 3.05) is 0 Å². The molecule has 3 atom stereocenters. The fourth-order valence-corrected chi connectivity index (χ4v) is 6.00. The van der Waals surface area contributed by atoms with Gasteiger partial charge >= 0.3 is 5.97 Å². The lowest BCUT2D eigenvalue weighted by Gasteiger charge is -2.31. The Bertz CT molecular complexity index is 1610. The molecule has 0 saturated carbocycles. The fraction of sp³-hybridized carbons (Fsp3) is 0.407. The van der Waals surface area contributed by atoms with Crippen LogP contribution in [0.3, 0.4) is 0 Å². The molecule has 10 heteroatoms. The second kappa shape index (κ2) is 7.93. The quantitative estimate of drug-likeness (QED) is 0.362. The van der Waals surface area contributed by atoms with E-state index in [0.29, 0.717) is 35.3 Å². The average molecular weight is 507 g/mol. The van der Waals surface area contributed by atoms with Gasteiger partial charge in [0.1, 0.15) is 12.4 Å². The summed E-state index contributed by atoms with van der Waals surface area (Å²) in [5.74, 6) is -1.48. The normalized spacial score (nSPS) is 22.2. The standard InChI is InChI=1S/C27H27FN4O5/c1-4-27(36)16-7-20-23-14(9-32(20)25(34)15(16)10-37-26(27)35)22-18(31-24(33)12(3)29)6-5-13-11(2)17(28)8-19(30-23)21(13)22/h7-8,12,18,36H,4-6,9-10,29H2,1-3H3,(H,31,33)/t12?,18-,27-/m0/s1. The molecule has 1 aliphatic carbocycles. The third kappa shape index (κ3) is 3.15. The summed E-state index contributed by atoms with van der Waals surface area (Å²) in [5, 5.41) is 14.9. The van der Waals surface area contributed by atoms with Crippen LogP contribution in [0.2, 0.25) is 0 Å². The minimum atomic E-state index is -1.94. The first-order valence-electron chi connectivity index (χ1n) is 12.4. The number of halogens is 1. The van der Waals surface area contributed by atoms with Gasteiger partial charge in [0.25, 0.3) is 5.56 Å². The molecule has 6 rings (SSSR count). The molecular weight excluding hydrogens is 479 g/mol. The summed E-state index contributed by atoms with van der Waals surface area (Å²) < 4.78 is 21.6. The molecule has 0 fully saturated rings. The van der Waals surface area contributed by atoms with E-state index in [4.69, 9.17) is 15.5 Å². The van der Waals surface area contributed by atoms with Crippen molar-refractivity contribution in [3.05, 3.63) is 61.7 Å². The number of aryl methyl sites for hydroxylation is 1. The molecule has 1 aromatic carbocycles. The number of pyridine rings is 2. The lowest BCUT2D eigenvalue weighted by atomic mass is 9.81. The maximum atomic E-state index is 14.9. The number of benzene rings is 1. The van der Waals surface area contributed by atoms with Crippen molar-refractivity contribution in [1.82, 2.24) is 14.9 Å². The minimum absolute atomic E-state index is 0.0320. The van der Waals surface area contributed by atoms with Crippen LogP contribution in [0.1, 0.15) is 66.1 Å². The van der Waals surface area contributed by atoms with Gasteiger partial charge in [-0.3, -0.25) is 9.59 Å². The van der Waals surface area contributed by atoms with Crippen molar-refractivity contribution in [3.63, 3.8) is 0 Å². The summed E-state index contributed by atoms with van der Waals surface area (Å²) in [7, 11) is 0. The van der Waals surface area contributed by atoms with E-state index in [2.05, 4.69) is 5.32 Å². The SMILES string of the molecule is CC[C@@]1(O)C(=O)OCc2c1cc1n(c2=O)Cc2c-1nc1cc(F)c(C)c3c1c2[C@@H](NC(=O)C(C)N)CC3. The number of aliphatic hydroxyl groups is 1. The maximum Gasteiger partial charge on any atom is 0.343 e. The van der Waals surface area contributed by atoms with Gasteiger partial charge in [-0.25, -0.2) is 14.2 Å². The summed E-state index contributed by atoms with van der Waals surface area (Å²) in [6, 6.07) is 1.90. The highest BCUT2D eigenvalue weighted by atomic mass is 19.1. The summed E-state index contributed by atoms with van der Waals surface area (Å²) in [5.41, 5.74) is 8.21. The zero-order chi connectivity index (χ0) is 26.4. The number of ether oxygens (including phenoxy) is 1. The van der Waals surface area contributed by atoms with Gasteiger partial charge < -0.3 is 25.5 Å². The Kier molecular flexibility index (Phi) is 5.09. The lowest BCUT2D eigenvalue weighted by Crippen LogP contribution is -2.44. The van der Waals surface area contributed by atoms with Crippen LogP contribution >= 0.6 is 0 Å². The topological polar surface area (TPSA) is 137 Å². The van der Waals surface area contributed by atoms with Crippen molar-refractivity contribution in [1.29, 1.82) is 0 Å². The van der Waals surface area contributed by atoms with Crippen LogP contribution in [-0.4, -0.2) is 32.6 Å². The number of esters is 1. The predicted molar refractivity (Wildman–Crippen MR) is 132 cm³/mol. The van der Waals surface area contributed by atoms with Gasteiger partial charge in [-0.05, 0) is 55.9 Å². The first kappa shape index (κ1) is 23.7. The molecular formula is C27H27FN4O5. The van der Waals surface area contributed by atoms with Crippen molar-refractivity contribution in [2.24, 2.45) is 5.73 Å². The zero-order valence-corrected chi connectivity index (χ0v) is 20.8. The van der Waals surface area contributed by atoms with Gasteiger partial charge in [-0.2, -0.15) is 0 Å². The Morgan fingerprint density at radius 1 is 1.35 bits per heavy atom. The second-order valence-corrected chi connectivity index (χ2v) is 10.2. The van der Waals surface area contributed by atoms with E-state index in [1.165, 1.54) is 6.07 Å². The number of hydrogen-bond donors (Lipinski definition) is 3. The minimum Gasteiger partial charge on any atom is -0.458 e. The Labute approximate surface area is 211 Å². The van der Waals surface area contributed by atoms with Gasteiger partial charge in [0.05, 0.1) is 41.1 Å². The van der Waals surface area contributed by atoms with Gasteiger partial charge in [-0.1, -0.05) is 6.92 Å². The van der Waals surface area contributed by atoms with E-state index < -0.39 is 23.7 Å². The lowest BCUT2D eigenvalue weighted by molar-refractivity contribution is -0.172. The molecule has 0 saturated heterocycles. The summed E-state index contributed by atoms with van der Waals surface area (Å²) in [6.07, 6.45) is 1.13. The van der Waals surface area contributed by atoms with Crippen LogP contribution in [0, 0.1) is 12.7 Å². The highest BCUT2D eigenvalue weighted by Gasteiger charge is 2.46. The number of nitrogens with one attached hydrogen (secondary N) is 1. The smallest absolute Gasteiger partial charge is 0.343 e. The van der Waals surface area contributed by atoms with Crippen molar-refractivity contribution < 1.29 is 23.8 Å². The molecule has 4 N–H and O–H groups in total. The fourth-order valence-electron chi connectivity index (χ4n) is 6.00. The molecule has 3 aliphatic rings. The third-order valence-corrected chi connectivity index (χ3v) is 8.11. The summed E-state index contributed by atoms with van der Waals surface area (Å²) in [4.78, 5) is 43.5. The summed E-state index contributed by atoms with van der Waals surface area (Å²) >= 11 is 0. The molecule has 0 bridgehead atoms. The second-order valence-electron chi connectivity index (χ2n) is 10.2. The molecule has 2 aliphatic heterocycles. The first-order valence-corrected chi connectivity index (χ1v) is 12.4. The highest BCUT2D eigenvalue weighted by molar-refractivity contribution is 5.94. The Morgan fingerprint density at radius 2 is 2.11 bits per heavy atom. The number of fused-ring (bicyclic) bond motifs is 5. The number of nitrogens with two attached hydrogens (primary N) is 1. The number of aromatic nitrogens is 2. The van der Waals surface area contributed by atoms with E-state index in [1.807, 2.05) is 0 Å². The van der Waals surface area contributed by atoms with Crippen molar-refractivity contribution in [2.45, 2.75) is 70.9 Å². The Balaban J connectivity index is 1.65. The van der Waals surface area contributed by atoms with Gasteiger partial charge in [0.15, 0.2) is 5.60 Å². The number of nitrogens with zero attached hydrogens (tertiary/aromatic N) is 2. The molecule has 192 valence electrons. The molecule has 1 unspecified atom stereocenters. The molecule has 0 radical (unpaired) electrons. The van der Waals surface area contributed by atoms with Crippen LogP contribution in [-0.2, 0) is 39.5 Å². The van der Waals surface area contributed by atoms with Crippen LogP contribution in [0.25, 0.3) is 22.3 Å². The Hall–Kier alpha value is -3.63. The number of hydrogen-bond acceptors (Lipinski definition) is 7. The number of amides is 1. The summed E-state index contributed by atoms with van der Waals surface area (Å²) in [6.45, 7) is 4.95. The molecule has 2 aromatic heterocycles. The van der Waals surface area contributed by atoms with Gasteiger partial charge in [0, 0.05) is 22.6 Å².